The maximum Gasteiger partial charge on any atom is 0.217 e. The Labute approximate surface area is 91.3 Å². The van der Waals surface area contributed by atoms with Gasteiger partial charge in [0.05, 0.1) is 0 Å². The second kappa shape index (κ2) is 3.95. The molecular weight excluding hydrogens is 247 g/mol. The number of rotatable bonds is 1. The van der Waals surface area contributed by atoms with Crippen LogP contribution in [-0.2, 0) is 0 Å². The first kappa shape index (κ1) is 10.1. The molecule has 1 aromatic heterocycles. The predicted octanol–water partition coefficient (Wildman–Crippen LogP) is 2.75. The van der Waals surface area contributed by atoms with Gasteiger partial charge < -0.3 is 0 Å². The van der Waals surface area contributed by atoms with Crippen LogP contribution in [0.15, 0.2) is 16.7 Å². The van der Waals surface area contributed by atoms with Crippen molar-refractivity contribution in [3.8, 4) is 0 Å². The smallest absolute Gasteiger partial charge is 0.217 e. The van der Waals surface area contributed by atoms with Gasteiger partial charge in [-0.1, -0.05) is 0 Å². The largest absolute Gasteiger partial charge is 0.299 e. The molecule has 0 amide bonds. The molecule has 14 heavy (non-hydrogen) atoms. The molecule has 1 aliphatic heterocycles. The normalized spacial score (nSPS) is 22.9. The first-order chi connectivity index (χ1) is 6.68. The van der Waals surface area contributed by atoms with Crippen molar-refractivity contribution in [2.75, 3.05) is 13.6 Å². The molecule has 0 aromatic carbocycles. The molecule has 0 radical (unpaired) electrons. The Morgan fingerprint density at radius 2 is 2.43 bits per heavy atom. The van der Waals surface area contributed by atoms with Crippen molar-refractivity contribution in [2.45, 2.75) is 18.9 Å². The lowest BCUT2D eigenvalue weighted by Gasteiger charge is -2.19. The van der Waals surface area contributed by atoms with Gasteiger partial charge in [0, 0.05) is 22.3 Å². The molecule has 1 atom stereocenters. The molecule has 0 bridgehead atoms. The summed E-state index contributed by atoms with van der Waals surface area (Å²) in [6.45, 7) is 1.04. The Hall–Kier alpha value is -0.480. The first-order valence-corrected chi connectivity index (χ1v) is 5.49. The minimum Gasteiger partial charge on any atom is -0.299 e. The van der Waals surface area contributed by atoms with Crippen molar-refractivity contribution < 1.29 is 4.39 Å². The van der Waals surface area contributed by atoms with Crippen molar-refractivity contribution in [1.29, 1.82) is 0 Å². The van der Waals surface area contributed by atoms with E-state index in [1.165, 1.54) is 6.20 Å². The van der Waals surface area contributed by atoms with Crippen molar-refractivity contribution in [3.05, 3.63) is 28.2 Å². The van der Waals surface area contributed by atoms with Crippen LogP contribution in [0.4, 0.5) is 4.39 Å². The standard InChI is InChI=1S/C10H12BrFN2/c1-14-4-2-3-9(14)8-5-7(11)6-13-10(8)12/h5-6,9H,2-4H2,1H3/t9-/m0/s1. The highest BCUT2D eigenvalue weighted by molar-refractivity contribution is 9.10. The topological polar surface area (TPSA) is 16.1 Å². The Balaban J connectivity index is 2.34. The van der Waals surface area contributed by atoms with E-state index in [1.54, 1.807) is 0 Å². The fourth-order valence-electron chi connectivity index (χ4n) is 1.98. The van der Waals surface area contributed by atoms with E-state index >= 15 is 0 Å². The summed E-state index contributed by atoms with van der Waals surface area (Å²) in [7, 11) is 2.03. The molecule has 1 saturated heterocycles. The molecule has 0 N–H and O–H groups in total. The molecule has 4 heteroatoms. The van der Waals surface area contributed by atoms with E-state index in [0.717, 1.165) is 23.9 Å². The zero-order chi connectivity index (χ0) is 10.1. The number of hydrogen-bond acceptors (Lipinski definition) is 2. The second-order valence-corrected chi connectivity index (χ2v) is 4.59. The van der Waals surface area contributed by atoms with Crippen LogP contribution in [0, 0.1) is 5.95 Å². The molecule has 0 aliphatic carbocycles. The Kier molecular flexibility index (Phi) is 2.83. The maximum absolute atomic E-state index is 13.4. The first-order valence-electron chi connectivity index (χ1n) is 4.69. The second-order valence-electron chi connectivity index (χ2n) is 3.67. The molecule has 1 fully saturated rings. The number of likely N-dealkylation sites (tertiary alicyclic amines) is 1. The predicted molar refractivity (Wildman–Crippen MR) is 56.5 cm³/mol. The van der Waals surface area contributed by atoms with Gasteiger partial charge in [-0.25, -0.2) is 4.98 Å². The van der Waals surface area contributed by atoms with Crippen LogP contribution in [0.1, 0.15) is 24.4 Å². The third kappa shape index (κ3) is 1.81. The minimum absolute atomic E-state index is 0.194. The van der Waals surface area contributed by atoms with Crippen LogP contribution in [-0.4, -0.2) is 23.5 Å². The van der Waals surface area contributed by atoms with E-state index in [2.05, 4.69) is 25.8 Å². The van der Waals surface area contributed by atoms with Crippen molar-refractivity contribution in [3.63, 3.8) is 0 Å². The molecule has 76 valence electrons. The number of nitrogens with zero attached hydrogens (tertiary/aromatic N) is 2. The van der Waals surface area contributed by atoms with Gasteiger partial charge in [-0.15, -0.1) is 0 Å². The highest BCUT2D eigenvalue weighted by Crippen LogP contribution is 2.32. The van der Waals surface area contributed by atoms with Crippen LogP contribution >= 0.6 is 15.9 Å². The summed E-state index contributed by atoms with van der Waals surface area (Å²) in [5.41, 5.74) is 0.708. The van der Waals surface area contributed by atoms with Gasteiger partial charge in [0.25, 0.3) is 0 Å². The van der Waals surface area contributed by atoms with E-state index in [-0.39, 0.29) is 12.0 Å². The maximum atomic E-state index is 13.4. The van der Waals surface area contributed by atoms with Crippen LogP contribution in [0.5, 0.6) is 0 Å². The third-order valence-corrected chi connectivity index (χ3v) is 3.15. The number of aromatic nitrogens is 1. The van der Waals surface area contributed by atoms with Crippen LogP contribution < -0.4 is 0 Å². The summed E-state index contributed by atoms with van der Waals surface area (Å²) < 4.78 is 14.3. The van der Waals surface area contributed by atoms with E-state index in [9.17, 15) is 4.39 Å². The molecule has 2 nitrogen and oxygen atoms in total. The SMILES string of the molecule is CN1CCC[C@H]1c1cc(Br)cnc1F. The zero-order valence-corrected chi connectivity index (χ0v) is 9.59. The van der Waals surface area contributed by atoms with Gasteiger partial charge in [0.2, 0.25) is 5.95 Å². The van der Waals surface area contributed by atoms with Crippen molar-refractivity contribution in [2.24, 2.45) is 0 Å². The van der Waals surface area contributed by atoms with Gasteiger partial charge in [0.15, 0.2) is 0 Å². The lowest BCUT2D eigenvalue weighted by Crippen LogP contribution is -2.18. The van der Waals surface area contributed by atoms with Crippen LogP contribution in [0.25, 0.3) is 0 Å². The van der Waals surface area contributed by atoms with E-state index in [1.807, 2.05) is 13.1 Å². The van der Waals surface area contributed by atoms with Crippen molar-refractivity contribution >= 4 is 15.9 Å². The molecular formula is C10H12BrFN2. The Bertz CT molecular complexity index is 343. The quantitative estimate of drug-likeness (QED) is 0.721. The molecule has 1 aromatic rings. The summed E-state index contributed by atoms with van der Waals surface area (Å²) in [4.78, 5) is 5.89. The van der Waals surface area contributed by atoms with Gasteiger partial charge in [-0.2, -0.15) is 4.39 Å². The fraction of sp³-hybridized carbons (Fsp3) is 0.500. The minimum atomic E-state index is -0.341. The molecule has 0 spiro atoms. The molecule has 2 rings (SSSR count). The van der Waals surface area contributed by atoms with Crippen LogP contribution in [0.2, 0.25) is 0 Å². The van der Waals surface area contributed by atoms with Gasteiger partial charge in [-0.05, 0) is 48.4 Å². The van der Waals surface area contributed by atoms with Gasteiger partial charge in [0.1, 0.15) is 0 Å². The lowest BCUT2D eigenvalue weighted by molar-refractivity contribution is 0.307. The van der Waals surface area contributed by atoms with E-state index < -0.39 is 0 Å². The lowest BCUT2D eigenvalue weighted by atomic mass is 10.1. The highest BCUT2D eigenvalue weighted by atomic mass is 79.9. The Morgan fingerprint density at radius 3 is 3.07 bits per heavy atom. The summed E-state index contributed by atoms with van der Waals surface area (Å²) in [6, 6.07) is 2.02. The van der Waals surface area contributed by atoms with E-state index in [0.29, 0.717) is 5.56 Å². The molecule has 2 heterocycles. The number of pyridine rings is 1. The molecule has 0 unspecified atom stereocenters. The Morgan fingerprint density at radius 1 is 1.64 bits per heavy atom. The summed E-state index contributed by atoms with van der Waals surface area (Å²) in [6.07, 6.45) is 3.65. The van der Waals surface area contributed by atoms with Crippen LogP contribution in [0.3, 0.4) is 0 Å². The molecule has 1 aliphatic rings. The third-order valence-electron chi connectivity index (χ3n) is 2.71. The number of halogens is 2. The monoisotopic (exact) mass is 258 g/mol. The van der Waals surface area contributed by atoms with Gasteiger partial charge >= 0.3 is 0 Å². The average molecular weight is 259 g/mol. The number of hydrogen-bond donors (Lipinski definition) is 0. The van der Waals surface area contributed by atoms with Gasteiger partial charge in [-0.3, -0.25) is 4.90 Å². The van der Waals surface area contributed by atoms with E-state index in [4.69, 9.17) is 0 Å². The zero-order valence-electron chi connectivity index (χ0n) is 8.00. The summed E-state index contributed by atoms with van der Waals surface area (Å²) >= 11 is 3.32. The molecule has 0 saturated carbocycles. The fourth-order valence-corrected chi connectivity index (χ4v) is 2.32. The summed E-state index contributed by atoms with van der Waals surface area (Å²) in [5, 5.41) is 0. The summed E-state index contributed by atoms with van der Waals surface area (Å²) in [5.74, 6) is -0.341. The van der Waals surface area contributed by atoms with Crippen molar-refractivity contribution in [1.82, 2.24) is 9.88 Å². The average Bonchev–Trinajstić information content (AvgIpc) is 2.56. The highest BCUT2D eigenvalue weighted by Gasteiger charge is 2.25.